The Labute approximate surface area is 50.8 Å². The van der Waals surface area contributed by atoms with Crippen molar-refractivity contribution >= 4 is 11.5 Å². The van der Waals surface area contributed by atoms with Crippen molar-refractivity contribution in [3.63, 3.8) is 0 Å². The Balaban J connectivity index is 2.50. The van der Waals surface area contributed by atoms with Gasteiger partial charge < -0.3 is 0 Å². The van der Waals surface area contributed by atoms with Gasteiger partial charge in [-0.05, 0) is 11.5 Å². The molecule has 1 rings (SSSR count). The highest BCUT2D eigenvalue weighted by Gasteiger charge is 1.89. The van der Waals surface area contributed by atoms with Gasteiger partial charge in [-0.2, -0.15) is 0 Å². The molecule has 5 heteroatoms. The minimum Gasteiger partial charge on any atom is -0.271 e. The molecule has 0 amide bonds. The predicted octanol–water partition coefficient (Wildman–Crippen LogP) is -0.499. The van der Waals surface area contributed by atoms with E-state index in [1.807, 2.05) is 0 Å². The summed E-state index contributed by atoms with van der Waals surface area (Å²) in [6.45, 7) is 0.650. The second kappa shape index (κ2) is 2.71. The first kappa shape index (κ1) is 5.61. The molecule has 1 aromatic heterocycles. The van der Waals surface area contributed by atoms with Crippen molar-refractivity contribution < 1.29 is 0 Å². The molecular formula is C3H6N4S. The van der Waals surface area contributed by atoms with E-state index < -0.39 is 0 Å². The molecule has 1 aromatic rings. The van der Waals surface area contributed by atoms with E-state index in [-0.39, 0.29) is 0 Å². The summed E-state index contributed by atoms with van der Waals surface area (Å²) in [6, 6.07) is 0. The summed E-state index contributed by atoms with van der Waals surface area (Å²) in [7, 11) is 0. The third kappa shape index (κ3) is 1.22. The van der Waals surface area contributed by atoms with Crippen molar-refractivity contribution in [1.82, 2.24) is 15.0 Å². The Morgan fingerprint density at radius 3 is 3.25 bits per heavy atom. The predicted molar refractivity (Wildman–Crippen MR) is 30.9 cm³/mol. The van der Waals surface area contributed by atoms with E-state index in [9.17, 15) is 0 Å². The Morgan fingerprint density at radius 2 is 2.75 bits per heavy atom. The second-order valence-electron chi connectivity index (χ2n) is 1.26. The van der Waals surface area contributed by atoms with Crippen LogP contribution in [-0.2, 0) is 6.54 Å². The van der Waals surface area contributed by atoms with Gasteiger partial charge in [0, 0.05) is 6.54 Å². The Hall–Kier alpha value is -0.520. The van der Waals surface area contributed by atoms with Crippen LogP contribution in [0, 0.1) is 0 Å². The van der Waals surface area contributed by atoms with Crippen LogP contribution >= 0.6 is 11.5 Å². The Kier molecular flexibility index (Phi) is 1.90. The van der Waals surface area contributed by atoms with E-state index in [1.165, 1.54) is 11.5 Å². The van der Waals surface area contributed by atoms with Crippen molar-refractivity contribution in [2.45, 2.75) is 6.54 Å². The lowest BCUT2D eigenvalue weighted by Crippen LogP contribution is -2.19. The zero-order valence-electron chi connectivity index (χ0n) is 4.16. The molecule has 0 spiro atoms. The fourth-order valence-electron chi connectivity index (χ4n) is 0.366. The van der Waals surface area contributed by atoms with Gasteiger partial charge in [-0.15, -0.1) is 5.10 Å². The van der Waals surface area contributed by atoms with Crippen molar-refractivity contribution in [1.29, 1.82) is 0 Å². The smallest absolute Gasteiger partial charge is 0.0666 e. The first-order chi connectivity index (χ1) is 3.93. The second-order valence-corrected chi connectivity index (χ2v) is 2.13. The third-order valence-corrected chi connectivity index (χ3v) is 1.34. The molecule has 1 heterocycles. The molecule has 8 heavy (non-hydrogen) atoms. The number of nitrogens with zero attached hydrogens (tertiary/aromatic N) is 2. The van der Waals surface area contributed by atoms with Crippen LogP contribution in [0.3, 0.4) is 0 Å². The van der Waals surface area contributed by atoms with Crippen molar-refractivity contribution in [2.24, 2.45) is 5.84 Å². The lowest BCUT2D eigenvalue weighted by Gasteiger charge is -1.87. The lowest BCUT2D eigenvalue weighted by atomic mass is 10.6. The largest absolute Gasteiger partial charge is 0.271 e. The zero-order chi connectivity index (χ0) is 5.82. The molecule has 0 bridgehead atoms. The third-order valence-electron chi connectivity index (χ3n) is 0.683. The monoisotopic (exact) mass is 130 g/mol. The van der Waals surface area contributed by atoms with E-state index >= 15 is 0 Å². The Morgan fingerprint density at radius 1 is 1.88 bits per heavy atom. The molecule has 0 aliphatic carbocycles. The van der Waals surface area contributed by atoms with Crippen LogP contribution in [0.15, 0.2) is 6.20 Å². The van der Waals surface area contributed by atoms with Gasteiger partial charge in [-0.25, -0.2) is 0 Å². The molecule has 0 aliphatic heterocycles. The summed E-state index contributed by atoms with van der Waals surface area (Å²) in [5.41, 5.74) is 2.50. The highest BCUT2D eigenvalue weighted by molar-refractivity contribution is 7.05. The topological polar surface area (TPSA) is 63.8 Å². The van der Waals surface area contributed by atoms with Gasteiger partial charge >= 0.3 is 0 Å². The quantitative estimate of drug-likeness (QED) is 0.418. The van der Waals surface area contributed by atoms with Crippen LogP contribution in [0.4, 0.5) is 0 Å². The van der Waals surface area contributed by atoms with Gasteiger partial charge in [0.05, 0.1) is 11.1 Å². The highest BCUT2D eigenvalue weighted by Crippen LogP contribution is 1.98. The summed E-state index contributed by atoms with van der Waals surface area (Å²) in [4.78, 5) is 1.05. The minimum absolute atomic E-state index is 0.650. The fraction of sp³-hybridized carbons (Fsp3) is 0.333. The maximum Gasteiger partial charge on any atom is 0.0666 e. The molecule has 0 saturated carbocycles. The van der Waals surface area contributed by atoms with Crippen LogP contribution in [0.25, 0.3) is 0 Å². The van der Waals surface area contributed by atoms with Crippen LogP contribution in [0.5, 0.6) is 0 Å². The molecule has 0 unspecified atom stereocenters. The summed E-state index contributed by atoms with van der Waals surface area (Å²) < 4.78 is 3.64. The summed E-state index contributed by atoms with van der Waals surface area (Å²) in [5, 5.41) is 3.61. The number of hydrogen-bond acceptors (Lipinski definition) is 5. The van der Waals surface area contributed by atoms with Gasteiger partial charge in [-0.3, -0.25) is 11.3 Å². The van der Waals surface area contributed by atoms with Crippen molar-refractivity contribution in [3.8, 4) is 0 Å². The molecule has 0 aliphatic rings. The van der Waals surface area contributed by atoms with Gasteiger partial charge in [0.2, 0.25) is 0 Å². The number of hydrogen-bond donors (Lipinski definition) is 2. The van der Waals surface area contributed by atoms with Crippen LogP contribution < -0.4 is 11.3 Å². The van der Waals surface area contributed by atoms with Gasteiger partial charge in [0.15, 0.2) is 0 Å². The Bertz CT molecular complexity index is 137. The number of nitrogens with two attached hydrogens (primary N) is 1. The normalized spacial score (nSPS) is 9.62. The molecule has 44 valence electrons. The molecule has 4 nitrogen and oxygen atoms in total. The minimum atomic E-state index is 0.650. The molecule has 0 aromatic carbocycles. The number of rotatable bonds is 2. The van der Waals surface area contributed by atoms with Crippen LogP contribution in [0.1, 0.15) is 4.88 Å². The van der Waals surface area contributed by atoms with Gasteiger partial charge in [0.1, 0.15) is 0 Å². The van der Waals surface area contributed by atoms with E-state index in [1.54, 1.807) is 6.20 Å². The summed E-state index contributed by atoms with van der Waals surface area (Å²) in [6.07, 6.45) is 1.69. The molecule has 0 atom stereocenters. The first-order valence-corrected chi connectivity index (χ1v) is 2.90. The van der Waals surface area contributed by atoms with E-state index in [0.29, 0.717) is 6.54 Å². The molecular weight excluding hydrogens is 124 g/mol. The summed E-state index contributed by atoms with van der Waals surface area (Å²) in [5.74, 6) is 5.02. The zero-order valence-corrected chi connectivity index (χ0v) is 4.98. The first-order valence-electron chi connectivity index (χ1n) is 2.13. The van der Waals surface area contributed by atoms with E-state index in [2.05, 4.69) is 15.0 Å². The number of aromatic nitrogens is 2. The van der Waals surface area contributed by atoms with Crippen LogP contribution in [0.2, 0.25) is 0 Å². The summed E-state index contributed by atoms with van der Waals surface area (Å²) >= 11 is 1.34. The standard InChI is InChI=1S/C3H6N4S/c4-5-1-3-2-6-7-8-3/h2,5H,1,4H2. The molecule has 0 saturated heterocycles. The lowest BCUT2D eigenvalue weighted by molar-refractivity contribution is 0.750. The van der Waals surface area contributed by atoms with E-state index in [4.69, 9.17) is 5.84 Å². The van der Waals surface area contributed by atoms with Gasteiger partial charge in [-0.1, -0.05) is 4.49 Å². The SMILES string of the molecule is NNCc1cnns1. The molecule has 0 fully saturated rings. The number of hydrazine groups is 1. The van der Waals surface area contributed by atoms with Crippen molar-refractivity contribution in [2.75, 3.05) is 0 Å². The highest BCUT2D eigenvalue weighted by atomic mass is 32.1. The van der Waals surface area contributed by atoms with Crippen LogP contribution in [-0.4, -0.2) is 9.59 Å². The average Bonchev–Trinajstić information content (AvgIpc) is 2.19. The van der Waals surface area contributed by atoms with E-state index in [0.717, 1.165) is 4.88 Å². The molecule has 0 radical (unpaired) electrons. The fourth-order valence-corrected chi connectivity index (χ4v) is 0.807. The number of nitrogens with one attached hydrogen (secondary N) is 1. The maximum absolute atomic E-state index is 5.02. The average molecular weight is 130 g/mol. The van der Waals surface area contributed by atoms with Crippen molar-refractivity contribution in [3.05, 3.63) is 11.1 Å². The maximum atomic E-state index is 5.02. The molecule has 3 N–H and O–H groups in total. The van der Waals surface area contributed by atoms with Gasteiger partial charge in [0.25, 0.3) is 0 Å².